The quantitative estimate of drug-likeness (QED) is 0.575. The Bertz CT molecular complexity index is 1210. The zero-order chi connectivity index (χ0) is 22.2. The Morgan fingerprint density at radius 2 is 1.94 bits per heavy atom. The van der Waals surface area contributed by atoms with Crippen LogP contribution in [0.4, 0.5) is 18.9 Å². The second-order valence-electron chi connectivity index (χ2n) is 7.08. The average molecular weight is 432 g/mol. The first-order valence-corrected chi connectivity index (χ1v) is 9.58. The van der Waals surface area contributed by atoms with E-state index in [1.54, 1.807) is 35.0 Å². The summed E-state index contributed by atoms with van der Waals surface area (Å²) in [7, 11) is 0. The highest BCUT2D eigenvalue weighted by Crippen LogP contribution is 2.38. The second-order valence-corrected chi connectivity index (χ2v) is 7.08. The Hall–Kier alpha value is -3.69. The number of ether oxygens (including phenoxy) is 1. The number of carbonyl (C=O) groups is 1. The molecule has 0 aliphatic carbocycles. The number of H-pyrrole nitrogens is 1. The lowest BCUT2D eigenvalue weighted by molar-refractivity contribution is -0.162. The van der Waals surface area contributed by atoms with Crippen LogP contribution in [0.5, 0.6) is 0 Å². The maximum Gasteiger partial charge on any atom is 0.450 e. The lowest BCUT2D eigenvalue weighted by Crippen LogP contribution is -2.49. The summed E-state index contributed by atoms with van der Waals surface area (Å²) in [4.78, 5) is 25.4. The van der Waals surface area contributed by atoms with Crippen molar-refractivity contribution in [2.24, 2.45) is 0 Å². The Morgan fingerprint density at radius 3 is 2.58 bits per heavy atom. The number of benzene rings is 2. The third kappa shape index (κ3) is 3.65. The number of rotatable bonds is 5. The maximum absolute atomic E-state index is 13.2. The summed E-state index contributed by atoms with van der Waals surface area (Å²) in [5.74, 6) is -2.17. The number of aryl methyl sites for hydroxylation is 1. The number of fused-ring (bicyclic) bond motifs is 1. The van der Waals surface area contributed by atoms with Crippen molar-refractivity contribution in [3.05, 3.63) is 76.4 Å². The molecule has 1 aliphatic heterocycles. The van der Waals surface area contributed by atoms with Gasteiger partial charge in [-0.2, -0.15) is 13.2 Å². The minimum absolute atomic E-state index is 0.191. The van der Waals surface area contributed by atoms with E-state index in [4.69, 9.17) is 4.74 Å². The van der Waals surface area contributed by atoms with Crippen LogP contribution in [-0.2, 0) is 21.8 Å². The lowest BCUT2D eigenvalue weighted by Gasteiger charge is -2.29. The third-order valence-corrected chi connectivity index (χ3v) is 4.92. The number of allylic oxidation sites excluding steroid dienone is 1. The monoisotopic (exact) mass is 432 g/mol. The molecule has 1 amide bonds. The number of amides is 1. The van der Waals surface area contributed by atoms with Gasteiger partial charge in [0, 0.05) is 24.0 Å². The van der Waals surface area contributed by atoms with E-state index in [-0.39, 0.29) is 16.8 Å². The Balaban J connectivity index is 1.68. The number of carbonyl (C=O) groups excluding carboxylic acids is 1. The van der Waals surface area contributed by atoms with Gasteiger partial charge in [0.25, 0.3) is 17.2 Å². The van der Waals surface area contributed by atoms with Gasteiger partial charge in [-0.25, -0.2) is 0 Å². The second kappa shape index (κ2) is 7.53. The van der Waals surface area contributed by atoms with E-state index >= 15 is 0 Å². The number of nitrogens with zero attached hydrogens (tertiary/aromatic N) is 1. The summed E-state index contributed by atoms with van der Waals surface area (Å²) in [6.45, 7) is 2.59. The molecule has 1 unspecified atom stereocenters. The lowest BCUT2D eigenvalue weighted by atomic mass is 10.0. The number of nitrogens with one attached hydrogen (secondary N) is 3. The molecule has 0 radical (unpaired) electrons. The van der Waals surface area contributed by atoms with Crippen molar-refractivity contribution in [1.82, 2.24) is 15.1 Å². The van der Waals surface area contributed by atoms with E-state index in [0.717, 1.165) is 6.42 Å². The number of aromatic nitrogens is 2. The van der Waals surface area contributed by atoms with Gasteiger partial charge in [-0.15, -0.1) is 0 Å². The van der Waals surface area contributed by atoms with Crippen molar-refractivity contribution in [3.63, 3.8) is 0 Å². The molecule has 3 aromatic rings. The van der Waals surface area contributed by atoms with Gasteiger partial charge in [0.2, 0.25) is 5.76 Å². The Kier molecular flexibility index (Phi) is 5.00. The largest absolute Gasteiger partial charge is 0.450 e. The fourth-order valence-corrected chi connectivity index (χ4v) is 3.48. The van der Waals surface area contributed by atoms with Gasteiger partial charge in [-0.1, -0.05) is 37.3 Å². The number of anilines is 1. The van der Waals surface area contributed by atoms with E-state index < -0.39 is 23.6 Å². The van der Waals surface area contributed by atoms with Gasteiger partial charge < -0.3 is 15.4 Å². The number of hydrogen-bond acceptors (Lipinski definition) is 4. The van der Waals surface area contributed by atoms with Gasteiger partial charge in [-0.05, 0) is 24.6 Å². The van der Waals surface area contributed by atoms with Crippen LogP contribution in [0.15, 0.2) is 65.3 Å². The molecule has 0 fully saturated rings. The molecule has 0 spiro atoms. The fraction of sp³-hybridized carbons (Fsp3) is 0.238. The van der Waals surface area contributed by atoms with Crippen LogP contribution in [0, 0.1) is 0 Å². The zero-order valence-electron chi connectivity index (χ0n) is 16.4. The number of hydrogen-bond donors (Lipinski definition) is 3. The van der Waals surface area contributed by atoms with Crippen LogP contribution < -0.4 is 16.2 Å². The number of alkyl halides is 3. The molecular formula is C21H19F3N4O3. The molecule has 1 aromatic heterocycles. The summed E-state index contributed by atoms with van der Waals surface area (Å²) >= 11 is 0. The van der Waals surface area contributed by atoms with Crippen LogP contribution in [0.3, 0.4) is 0 Å². The van der Waals surface area contributed by atoms with Crippen LogP contribution >= 0.6 is 0 Å². The first-order valence-electron chi connectivity index (χ1n) is 9.58. The standard InChI is InChI=1S/C21H19F3N4O3/c1-2-10-28-16-9-8-14(11-15(16)18(29)27-28)26-19(30)20(13-6-4-3-5-7-13)25-12-17(31-20)21(22,23)24/h3-9,11-12,25H,2,10H2,1H3,(H,26,30)(H,27,29). The molecule has 10 heteroatoms. The summed E-state index contributed by atoms with van der Waals surface area (Å²) < 4.78 is 46.4. The van der Waals surface area contributed by atoms with Crippen molar-refractivity contribution >= 4 is 22.5 Å². The molecule has 31 heavy (non-hydrogen) atoms. The van der Waals surface area contributed by atoms with E-state index in [2.05, 4.69) is 15.7 Å². The molecule has 2 aromatic carbocycles. The normalized spacial score (nSPS) is 18.4. The van der Waals surface area contributed by atoms with Gasteiger partial charge >= 0.3 is 6.18 Å². The minimum Gasteiger partial charge on any atom is -0.448 e. The third-order valence-electron chi connectivity index (χ3n) is 4.92. The van der Waals surface area contributed by atoms with E-state index in [1.165, 1.54) is 18.2 Å². The predicted octanol–water partition coefficient (Wildman–Crippen LogP) is 3.55. The van der Waals surface area contributed by atoms with Crippen molar-refractivity contribution in [2.45, 2.75) is 31.8 Å². The van der Waals surface area contributed by atoms with Crippen LogP contribution in [0.1, 0.15) is 18.9 Å². The zero-order valence-corrected chi connectivity index (χ0v) is 16.4. The van der Waals surface area contributed by atoms with Gasteiger partial charge in [0.05, 0.1) is 10.9 Å². The van der Waals surface area contributed by atoms with Crippen LogP contribution in [0.25, 0.3) is 10.9 Å². The molecule has 1 atom stereocenters. The first-order chi connectivity index (χ1) is 14.7. The maximum atomic E-state index is 13.2. The molecule has 7 nitrogen and oxygen atoms in total. The van der Waals surface area contributed by atoms with Gasteiger partial charge in [0.15, 0.2) is 0 Å². The molecule has 0 saturated heterocycles. The summed E-state index contributed by atoms with van der Waals surface area (Å²) in [6.07, 6.45) is -3.32. The smallest absolute Gasteiger partial charge is 0.448 e. The van der Waals surface area contributed by atoms with Crippen molar-refractivity contribution in [2.75, 3.05) is 5.32 Å². The van der Waals surface area contributed by atoms with Gasteiger partial charge in [0.1, 0.15) is 0 Å². The molecule has 2 heterocycles. The SMILES string of the molecule is CCCn1[nH]c(=O)c2cc(NC(=O)C3(c4ccccc4)NC=C(C(F)(F)F)O3)ccc21. The fourth-order valence-electron chi connectivity index (χ4n) is 3.48. The highest BCUT2D eigenvalue weighted by molar-refractivity contribution is 5.99. The van der Waals surface area contributed by atoms with Crippen LogP contribution in [-0.4, -0.2) is 21.9 Å². The molecule has 0 saturated carbocycles. The van der Waals surface area contributed by atoms with E-state index in [9.17, 15) is 22.8 Å². The van der Waals surface area contributed by atoms with E-state index in [0.29, 0.717) is 23.6 Å². The predicted molar refractivity (Wildman–Crippen MR) is 108 cm³/mol. The minimum atomic E-state index is -4.77. The molecular weight excluding hydrogens is 413 g/mol. The van der Waals surface area contributed by atoms with Crippen molar-refractivity contribution in [1.29, 1.82) is 0 Å². The van der Waals surface area contributed by atoms with Crippen LogP contribution in [0.2, 0.25) is 0 Å². The Morgan fingerprint density at radius 1 is 1.19 bits per heavy atom. The summed E-state index contributed by atoms with van der Waals surface area (Å²) in [6, 6.07) is 12.5. The molecule has 3 N–H and O–H groups in total. The summed E-state index contributed by atoms with van der Waals surface area (Å²) in [5.41, 5.74) is -1.33. The van der Waals surface area contributed by atoms with Gasteiger partial charge in [-0.3, -0.25) is 19.4 Å². The number of aromatic amines is 1. The highest BCUT2D eigenvalue weighted by Gasteiger charge is 2.52. The average Bonchev–Trinajstić information content (AvgIpc) is 3.33. The molecule has 0 bridgehead atoms. The number of halogens is 3. The van der Waals surface area contributed by atoms with Crippen molar-refractivity contribution in [3.8, 4) is 0 Å². The Labute approximate surface area is 174 Å². The summed E-state index contributed by atoms with van der Waals surface area (Å²) in [5, 5.41) is 8.09. The first kappa shape index (κ1) is 20.6. The van der Waals surface area contributed by atoms with E-state index in [1.807, 2.05) is 6.92 Å². The molecule has 1 aliphatic rings. The topological polar surface area (TPSA) is 88.2 Å². The highest BCUT2D eigenvalue weighted by atomic mass is 19.4. The molecule has 162 valence electrons. The molecule has 4 rings (SSSR count). The van der Waals surface area contributed by atoms with Crippen molar-refractivity contribution < 1.29 is 22.7 Å².